The van der Waals surface area contributed by atoms with Gasteiger partial charge in [-0.3, -0.25) is 9.98 Å². The van der Waals surface area contributed by atoms with Crippen LogP contribution in [0.15, 0.2) is 41.8 Å². The van der Waals surface area contributed by atoms with Crippen LogP contribution >= 0.6 is 0 Å². The Morgan fingerprint density at radius 1 is 1.06 bits per heavy atom. The molecule has 1 fully saturated rings. The van der Waals surface area contributed by atoms with Crippen molar-refractivity contribution in [2.24, 2.45) is 4.99 Å². The molecule has 3 aromatic rings. The van der Waals surface area contributed by atoms with Crippen molar-refractivity contribution >= 4 is 21.7 Å². The number of sulfone groups is 1. The lowest BCUT2D eigenvalue weighted by molar-refractivity contribution is 0.550. The molecule has 0 unspecified atom stereocenters. The van der Waals surface area contributed by atoms with Crippen molar-refractivity contribution in [1.29, 1.82) is 0 Å². The minimum absolute atomic E-state index is 0.0201. The minimum atomic E-state index is -3.43. The number of halogens is 2. The Balaban J connectivity index is 1.54. The van der Waals surface area contributed by atoms with Crippen LogP contribution in [0.1, 0.15) is 35.4 Å². The molecular weight excluding hydrogens is 422 g/mol. The van der Waals surface area contributed by atoms with Crippen LogP contribution < -0.4 is 0 Å². The third-order valence-corrected chi connectivity index (χ3v) is 7.75. The molecule has 31 heavy (non-hydrogen) atoms. The van der Waals surface area contributed by atoms with Crippen LogP contribution in [-0.4, -0.2) is 34.8 Å². The van der Waals surface area contributed by atoms with Gasteiger partial charge < -0.3 is 0 Å². The van der Waals surface area contributed by atoms with Gasteiger partial charge in [0.15, 0.2) is 9.84 Å². The minimum Gasteiger partial charge on any atom is -0.260 e. The van der Waals surface area contributed by atoms with Crippen LogP contribution in [0.5, 0.6) is 0 Å². The standard InChI is InChI=1S/C22H18F2N4O2S/c23-17-6-3-13(11-31(29,30)14-4-5-14)20(24)16(17)10-19-15(2-1-8-25-19)21-22-18(7-9-26-22)27-12-28-21/h1-3,6,8-9,12,14H,4-5,7,10-11H2. The number of rotatable bonds is 6. The van der Waals surface area contributed by atoms with E-state index in [1.807, 2.05) is 0 Å². The summed E-state index contributed by atoms with van der Waals surface area (Å²) in [6.45, 7) is 0. The Bertz CT molecular complexity index is 1320. The van der Waals surface area contributed by atoms with Crippen molar-refractivity contribution in [3.63, 3.8) is 0 Å². The van der Waals surface area contributed by atoms with Gasteiger partial charge in [-0.25, -0.2) is 27.2 Å². The second-order valence-electron chi connectivity index (χ2n) is 7.71. The molecule has 6 nitrogen and oxygen atoms in total. The molecule has 1 aliphatic carbocycles. The molecule has 0 bridgehead atoms. The molecular formula is C22H18F2N4O2S. The zero-order chi connectivity index (χ0) is 21.6. The number of fused-ring (bicyclic) bond motifs is 1. The van der Waals surface area contributed by atoms with E-state index < -0.39 is 32.5 Å². The van der Waals surface area contributed by atoms with Crippen LogP contribution in [0.2, 0.25) is 0 Å². The highest BCUT2D eigenvalue weighted by atomic mass is 32.2. The average molecular weight is 440 g/mol. The Kier molecular flexibility index (Phi) is 4.85. The molecule has 5 rings (SSSR count). The zero-order valence-electron chi connectivity index (χ0n) is 16.4. The Labute approximate surface area is 178 Å². The highest BCUT2D eigenvalue weighted by molar-refractivity contribution is 7.91. The van der Waals surface area contributed by atoms with E-state index in [9.17, 15) is 12.8 Å². The fourth-order valence-electron chi connectivity index (χ4n) is 3.76. The number of hydrogen-bond donors (Lipinski definition) is 0. The van der Waals surface area contributed by atoms with Gasteiger partial charge in [0, 0.05) is 41.9 Å². The van der Waals surface area contributed by atoms with Gasteiger partial charge in [0.05, 0.1) is 22.4 Å². The largest absolute Gasteiger partial charge is 0.260 e. The van der Waals surface area contributed by atoms with Gasteiger partial charge in [-0.2, -0.15) is 0 Å². The molecule has 2 aliphatic rings. The summed E-state index contributed by atoms with van der Waals surface area (Å²) in [6, 6.07) is 5.82. The molecule has 0 saturated heterocycles. The van der Waals surface area contributed by atoms with E-state index >= 15 is 4.39 Å². The van der Waals surface area contributed by atoms with Crippen molar-refractivity contribution in [1.82, 2.24) is 15.0 Å². The quantitative estimate of drug-likeness (QED) is 0.583. The van der Waals surface area contributed by atoms with Crippen molar-refractivity contribution < 1.29 is 17.2 Å². The maximum absolute atomic E-state index is 15.2. The smallest absolute Gasteiger partial charge is 0.157 e. The highest BCUT2D eigenvalue weighted by Gasteiger charge is 2.36. The van der Waals surface area contributed by atoms with Crippen LogP contribution in [0.4, 0.5) is 14.5 Å². The zero-order valence-corrected chi connectivity index (χ0v) is 17.2. The van der Waals surface area contributed by atoms with E-state index in [0.29, 0.717) is 41.9 Å². The van der Waals surface area contributed by atoms with Crippen LogP contribution in [-0.2, 0) is 28.4 Å². The molecule has 158 valence electrons. The molecule has 3 heterocycles. The molecule has 2 aromatic heterocycles. The predicted octanol–water partition coefficient (Wildman–Crippen LogP) is 3.74. The predicted molar refractivity (Wildman–Crippen MR) is 112 cm³/mol. The summed E-state index contributed by atoms with van der Waals surface area (Å²) in [4.78, 5) is 17.2. The fraction of sp³-hybridized carbons (Fsp3) is 0.273. The maximum atomic E-state index is 15.2. The van der Waals surface area contributed by atoms with Gasteiger partial charge in [-0.1, -0.05) is 6.07 Å². The van der Waals surface area contributed by atoms with Crippen molar-refractivity contribution in [3.8, 4) is 11.3 Å². The van der Waals surface area contributed by atoms with Gasteiger partial charge in [0.1, 0.15) is 29.3 Å². The first-order chi connectivity index (χ1) is 14.9. The monoisotopic (exact) mass is 440 g/mol. The lowest BCUT2D eigenvalue weighted by Gasteiger charge is -2.13. The lowest BCUT2D eigenvalue weighted by atomic mass is 9.99. The van der Waals surface area contributed by atoms with Gasteiger partial charge in [0.2, 0.25) is 0 Å². The molecule has 1 aromatic carbocycles. The third kappa shape index (κ3) is 3.74. The Morgan fingerprint density at radius 2 is 1.90 bits per heavy atom. The van der Waals surface area contributed by atoms with E-state index in [-0.39, 0.29) is 17.5 Å². The van der Waals surface area contributed by atoms with Crippen LogP contribution in [0.3, 0.4) is 0 Å². The third-order valence-electron chi connectivity index (χ3n) is 5.55. The second-order valence-corrected chi connectivity index (χ2v) is 9.99. The number of benzene rings is 1. The van der Waals surface area contributed by atoms with Gasteiger partial charge >= 0.3 is 0 Å². The highest BCUT2D eigenvalue weighted by Crippen LogP contribution is 2.36. The van der Waals surface area contributed by atoms with Crippen LogP contribution in [0, 0.1) is 11.6 Å². The SMILES string of the molecule is O=S(=O)(Cc1ccc(F)c(Cc2ncccc2-c2ncnc3c2N=CC3)c1F)C1CC1. The normalized spacial score (nSPS) is 15.3. The number of nitrogens with zero attached hydrogens (tertiary/aromatic N) is 4. The fourth-order valence-corrected chi connectivity index (χ4v) is 5.51. The number of pyridine rings is 1. The van der Waals surface area contributed by atoms with E-state index in [4.69, 9.17) is 0 Å². The van der Waals surface area contributed by atoms with Gasteiger partial charge in [0.25, 0.3) is 0 Å². The molecule has 1 aliphatic heterocycles. The summed E-state index contributed by atoms with van der Waals surface area (Å²) in [5, 5.41) is -0.414. The van der Waals surface area contributed by atoms with E-state index in [2.05, 4.69) is 19.9 Å². The van der Waals surface area contributed by atoms with Crippen molar-refractivity contribution in [2.75, 3.05) is 0 Å². The summed E-state index contributed by atoms with van der Waals surface area (Å²) in [6.07, 6.45) is 6.36. The Morgan fingerprint density at radius 3 is 2.71 bits per heavy atom. The Hall–Kier alpha value is -3.07. The van der Waals surface area contributed by atoms with Gasteiger partial charge in [-0.15, -0.1) is 0 Å². The van der Waals surface area contributed by atoms with E-state index in [0.717, 1.165) is 11.8 Å². The van der Waals surface area contributed by atoms with E-state index in [1.54, 1.807) is 24.5 Å². The first kappa shape index (κ1) is 19.9. The molecule has 0 amide bonds. The first-order valence-electron chi connectivity index (χ1n) is 9.92. The topological polar surface area (TPSA) is 85.2 Å². The molecule has 0 N–H and O–H groups in total. The van der Waals surface area contributed by atoms with Crippen LogP contribution in [0.25, 0.3) is 11.3 Å². The molecule has 0 spiro atoms. The summed E-state index contributed by atoms with van der Waals surface area (Å²) >= 11 is 0. The molecule has 0 atom stereocenters. The van der Waals surface area contributed by atoms with Crippen molar-refractivity contribution in [2.45, 2.75) is 36.7 Å². The summed E-state index contributed by atoms with van der Waals surface area (Å²) in [5.41, 5.74) is 2.76. The maximum Gasteiger partial charge on any atom is 0.157 e. The average Bonchev–Trinajstić information content (AvgIpc) is 3.52. The molecule has 1 saturated carbocycles. The number of aromatic nitrogens is 3. The molecule has 9 heteroatoms. The lowest BCUT2D eigenvalue weighted by Crippen LogP contribution is -2.13. The van der Waals surface area contributed by atoms with Gasteiger partial charge in [-0.05, 0) is 31.0 Å². The summed E-state index contributed by atoms with van der Waals surface area (Å²) in [5.74, 6) is -2.01. The molecule has 0 radical (unpaired) electrons. The number of hydrogen-bond acceptors (Lipinski definition) is 6. The van der Waals surface area contributed by atoms with E-state index in [1.165, 1.54) is 12.4 Å². The summed E-state index contributed by atoms with van der Waals surface area (Å²) < 4.78 is 54.4. The summed E-state index contributed by atoms with van der Waals surface area (Å²) in [7, 11) is -3.43. The second kappa shape index (κ2) is 7.56. The van der Waals surface area contributed by atoms with Crippen molar-refractivity contribution in [3.05, 3.63) is 70.9 Å². The number of aliphatic imine (C=N–C) groups is 1. The first-order valence-corrected chi connectivity index (χ1v) is 11.6.